The molecule has 0 spiro atoms. The summed E-state index contributed by atoms with van der Waals surface area (Å²) in [4.78, 5) is 4.21. The first-order chi connectivity index (χ1) is 7.11. The Morgan fingerprint density at radius 1 is 1.53 bits per heavy atom. The van der Waals surface area contributed by atoms with Gasteiger partial charge in [0, 0.05) is 12.7 Å². The summed E-state index contributed by atoms with van der Waals surface area (Å²) in [5, 5.41) is 3.30. The fraction of sp³-hybridized carbons (Fsp3) is 0.583. The average molecular weight is 207 g/mol. The zero-order valence-corrected chi connectivity index (χ0v) is 10.1. The largest absolute Gasteiger partial charge is 0.333 e. The normalized spacial score (nSPS) is 12.5. The first-order valence-electron chi connectivity index (χ1n) is 5.42. The van der Waals surface area contributed by atoms with Crippen LogP contribution >= 0.6 is 0 Å². The Morgan fingerprint density at radius 3 is 2.87 bits per heavy atom. The minimum absolute atomic E-state index is 0.0214. The molecule has 0 aliphatic heterocycles. The summed E-state index contributed by atoms with van der Waals surface area (Å²) >= 11 is 0. The van der Waals surface area contributed by atoms with Crippen molar-refractivity contribution in [2.45, 2.75) is 39.3 Å². The minimum Gasteiger partial charge on any atom is -0.333 e. The SMILES string of the molecule is C/C=C/CCn1cncc1C(C)(C)NC. The van der Waals surface area contributed by atoms with Crippen LogP contribution in [0.5, 0.6) is 0 Å². The molecule has 0 atom stereocenters. The molecule has 0 bridgehead atoms. The summed E-state index contributed by atoms with van der Waals surface area (Å²) in [7, 11) is 1.98. The van der Waals surface area contributed by atoms with E-state index in [0.29, 0.717) is 0 Å². The monoisotopic (exact) mass is 207 g/mol. The third kappa shape index (κ3) is 2.93. The molecule has 0 aromatic carbocycles. The summed E-state index contributed by atoms with van der Waals surface area (Å²) in [6, 6.07) is 0. The van der Waals surface area contributed by atoms with Crippen LogP contribution < -0.4 is 5.32 Å². The number of imidazole rings is 1. The van der Waals surface area contributed by atoms with E-state index in [1.54, 1.807) is 0 Å². The van der Waals surface area contributed by atoms with Gasteiger partial charge in [0.1, 0.15) is 0 Å². The molecular formula is C12H21N3. The van der Waals surface area contributed by atoms with Crippen molar-refractivity contribution in [1.29, 1.82) is 0 Å². The first-order valence-corrected chi connectivity index (χ1v) is 5.42. The lowest BCUT2D eigenvalue weighted by Gasteiger charge is -2.25. The fourth-order valence-electron chi connectivity index (χ4n) is 1.53. The predicted molar refractivity (Wildman–Crippen MR) is 63.7 cm³/mol. The summed E-state index contributed by atoms with van der Waals surface area (Å²) in [6.45, 7) is 7.36. The Morgan fingerprint density at radius 2 is 2.27 bits per heavy atom. The average Bonchev–Trinajstić information content (AvgIpc) is 2.67. The molecule has 3 heteroatoms. The highest BCUT2D eigenvalue weighted by Crippen LogP contribution is 2.18. The lowest BCUT2D eigenvalue weighted by molar-refractivity contribution is 0.409. The lowest BCUT2D eigenvalue weighted by Crippen LogP contribution is -2.35. The van der Waals surface area contributed by atoms with E-state index in [0.717, 1.165) is 13.0 Å². The van der Waals surface area contributed by atoms with E-state index in [2.05, 4.69) is 40.9 Å². The molecule has 0 fully saturated rings. The van der Waals surface area contributed by atoms with Gasteiger partial charge in [-0.2, -0.15) is 0 Å². The van der Waals surface area contributed by atoms with E-state index in [-0.39, 0.29) is 5.54 Å². The van der Waals surface area contributed by atoms with Gasteiger partial charge in [-0.05, 0) is 34.2 Å². The van der Waals surface area contributed by atoms with Gasteiger partial charge < -0.3 is 9.88 Å². The molecule has 1 heterocycles. The van der Waals surface area contributed by atoms with Crippen molar-refractivity contribution < 1.29 is 0 Å². The van der Waals surface area contributed by atoms with Gasteiger partial charge in [-0.25, -0.2) is 4.98 Å². The van der Waals surface area contributed by atoms with Crippen molar-refractivity contribution in [2.24, 2.45) is 0 Å². The van der Waals surface area contributed by atoms with Crippen LogP contribution in [0.3, 0.4) is 0 Å². The van der Waals surface area contributed by atoms with Crippen molar-refractivity contribution in [2.75, 3.05) is 7.05 Å². The van der Waals surface area contributed by atoms with Gasteiger partial charge >= 0.3 is 0 Å². The standard InChI is InChI=1S/C12H21N3/c1-5-6-7-8-15-10-14-9-11(15)12(2,3)13-4/h5-6,9-10,13H,7-8H2,1-4H3/b6-5+. The molecule has 1 aromatic heterocycles. The van der Waals surface area contributed by atoms with E-state index in [9.17, 15) is 0 Å². The van der Waals surface area contributed by atoms with Crippen molar-refractivity contribution in [3.63, 3.8) is 0 Å². The molecule has 0 aliphatic rings. The molecule has 0 aliphatic carbocycles. The van der Waals surface area contributed by atoms with Crippen LogP contribution in [0, 0.1) is 0 Å². The summed E-state index contributed by atoms with van der Waals surface area (Å²) in [5.74, 6) is 0. The molecule has 0 saturated carbocycles. The van der Waals surface area contributed by atoms with Crippen molar-refractivity contribution in [3.8, 4) is 0 Å². The van der Waals surface area contributed by atoms with E-state index in [4.69, 9.17) is 0 Å². The van der Waals surface area contributed by atoms with E-state index < -0.39 is 0 Å². The van der Waals surface area contributed by atoms with Crippen molar-refractivity contribution in [3.05, 3.63) is 30.4 Å². The Labute approximate surface area is 92.2 Å². The second-order valence-corrected chi connectivity index (χ2v) is 4.20. The molecule has 0 unspecified atom stereocenters. The Bertz CT molecular complexity index is 323. The number of nitrogens with one attached hydrogen (secondary N) is 1. The number of aryl methyl sites for hydroxylation is 1. The Hall–Kier alpha value is -1.09. The smallest absolute Gasteiger partial charge is 0.0948 e. The van der Waals surface area contributed by atoms with Crippen LogP contribution in [-0.4, -0.2) is 16.6 Å². The maximum atomic E-state index is 4.21. The van der Waals surface area contributed by atoms with Crippen LogP contribution in [-0.2, 0) is 12.1 Å². The Kier molecular flexibility index (Phi) is 4.09. The molecule has 0 amide bonds. The van der Waals surface area contributed by atoms with Crippen LogP contribution in [0.4, 0.5) is 0 Å². The molecule has 15 heavy (non-hydrogen) atoms. The molecule has 0 saturated heterocycles. The second-order valence-electron chi connectivity index (χ2n) is 4.20. The highest BCUT2D eigenvalue weighted by atomic mass is 15.1. The zero-order chi connectivity index (χ0) is 11.3. The number of hydrogen-bond acceptors (Lipinski definition) is 2. The third-order valence-corrected chi connectivity index (χ3v) is 2.75. The highest BCUT2D eigenvalue weighted by Gasteiger charge is 2.21. The van der Waals surface area contributed by atoms with Crippen LogP contribution in [0.2, 0.25) is 0 Å². The van der Waals surface area contributed by atoms with E-state index in [1.807, 2.05) is 26.5 Å². The minimum atomic E-state index is -0.0214. The molecule has 1 rings (SSSR count). The number of allylic oxidation sites excluding steroid dienone is 2. The van der Waals surface area contributed by atoms with Gasteiger partial charge in [0.2, 0.25) is 0 Å². The van der Waals surface area contributed by atoms with Gasteiger partial charge in [-0.3, -0.25) is 0 Å². The third-order valence-electron chi connectivity index (χ3n) is 2.75. The van der Waals surface area contributed by atoms with E-state index >= 15 is 0 Å². The summed E-state index contributed by atoms with van der Waals surface area (Å²) < 4.78 is 2.20. The van der Waals surface area contributed by atoms with Gasteiger partial charge in [0.15, 0.2) is 0 Å². The Balaban J connectivity index is 2.77. The second kappa shape index (κ2) is 5.12. The predicted octanol–water partition coefficient (Wildman–Crippen LogP) is 2.30. The van der Waals surface area contributed by atoms with Gasteiger partial charge in [-0.1, -0.05) is 12.2 Å². The fourth-order valence-corrected chi connectivity index (χ4v) is 1.53. The van der Waals surface area contributed by atoms with Crippen LogP contribution in [0.15, 0.2) is 24.7 Å². The molecule has 1 aromatic rings. The van der Waals surface area contributed by atoms with Gasteiger partial charge in [0.25, 0.3) is 0 Å². The summed E-state index contributed by atoms with van der Waals surface area (Å²) in [6.07, 6.45) is 9.15. The number of aromatic nitrogens is 2. The maximum Gasteiger partial charge on any atom is 0.0948 e. The quantitative estimate of drug-likeness (QED) is 0.751. The molecule has 0 radical (unpaired) electrons. The van der Waals surface area contributed by atoms with Crippen LogP contribution in [0.1, 0.15) is 32.9 Å². The van der Waals surface area contributed by atoms with Crippen molar-refractivity contribution in [1.82, 2.24) is 14.9 Å². The zero-order valence-electron chi connectivity index (χ0n) is 10.1. The molecular weight excluding hydrogens is 186 g/mol. The number of hydrogen-bond donors (Lipinski definition) is 1. The highest BCUT2D eigenvalue weighted by molar-refractivity contribution is 5.10. The van der Waals surface area contributed by atoms with E-state index in [1.165, 1.54) is 5.69 Å². The molecule has 1 N–H and O–H groups in total. The lowest BCUT2D eigenvalue weighted by atomic mass is 10.0. The van der Waals surface area contributed by atoms with Gasteiger partial charge in [-0.15, -0.1) is 0 Å². The number of rotatable bonds is 5. The molecule has 3 nitrogen and oxygen atoms in total. The maximum absolute atomic E-state index is 4.21. The first kappa shape index (κ1) is 12.0. The van der Waals surface area contributed by atoms with Crippen molar-refractivity contribution >= 4 is 0 Å². The van der Waals surface area contributed by atoms with Gasteiger partial charge in [0.05, 0.1) is 17.6 Å². The molecule has 84 valence electrons. The number of nitrogens with zero attached hydrogens (tertiary/aromatic N) is 2. The topological polar surface area (TPSA) is 29.9 Å². The van der Waals surface area contributed by atoms with Crippen LogP contribution in [0.25, 0.3) is 0 Å². The summed E-state index contributed by atoms with van der Waals surface area (Å²) in [5.41, 5.74) is 1.21.